The molecule has 0 aliphatic carbocycles. The maximum absolute atomic E-state index is 6.23. The second-order valence-corrected chi connectivity index (χ2v) is 10.1. The van der Waals surface area contributed by atoms with Gasteiger partial charge in [-0.1, -0.05) is 40.5 Å². The first-order valence-corrected chi connectivity index (χ1v) is 12.6. The largest absolute Gasteiger partial charge is 0.494 e. The zero-order valence-electron chi connectivity index (χ0n) is 17.9. The van der Waals surface area contributed by atoms with E-state index in [0.717, 1.165) is 29.8 Å². The molecule has 0 aromatic heterocycles. The Kier molecular flexibility index (Phi) is 6.45. The quantitative estimate of drug-likeness (QED) is 0.484. The molecule has 4 heteroatoms. The average molecular weight is 469 g/mol. The lowest BCUT2D eigenvalue weighted by atomic mass is 9.81. The lowest BCUT2D eigenvalue weighted by Gasteiger charge is -2.37. The third-order valence-corrected chi connectivity index (χ3v) is 7.71. The van der Waals surface area contributed by atoms with Crippen molar-refractivity contribution in [3.8, 4) is 5.75 Å². The number of benzene rings is 2. The summed E-state index contributed by atoms with van der Waals surface area (Å²) in [5, 5.41) is 0. The third-order valence-electron chi connectivity index (χ3n) is 7.18. The van der Waals surface area contributed by atoms with Crippen LogP contribution in [0, 0.1) is 0 Å². The van der Waals surface area contributed by atoms with E-state index in [0.29, 0.717) is 12.0 Å². The van der Waals surface area contributed by atoms with Crippen molar-refractivity contribution in [2.75, 3.05) is 39.3 Å². The van der Waals surface area contributed by atoms with Gasteiger partial charge in [-0.15, -0.1) is 0 Å². The smallest absolute Gasteiger partial charge is 0.119 e. The minimum absolute atomic E-state index is 0.430. The van der Waals surface area contributed by atoms with E-state index >= 15 is 0 Å². The van der Waals surface area contributed by atoms with Gasteiger partial charge < -0.3 is 9.64 Å². The molecule has 0 bridgehead atoms. The van der Waals surface area contributed by atoms with Crippen LogP contribution in [0.3, 0.4) is 0 Å². The van der Waals surface area contributed by atoms with Gasteiger partial charge in [0.25, 0.3) is 0 Å². The zero-order valence-corrected chi connectivity index (χ0v) is 19.4. The number of ether oxygens (including phenoxy) is 1. The molecule has 0 spiro atoms. The van der Waals surface area contributed by atoms with E-state index in [1.54, 1.807) is 0 Å². The molecule has 30 heavy (non-hydrogen) atoms. The molecule has 0 saturated carbocycles. The summed E-state index contributed by atoms with van der Waals surface area (Å²) in [6.45, 7) is 6.87. The number of fused-ring (bicyclic) bond motifs is 3. The van der Waals surface area contributed by atoms with Crippen molar-refractivity contribution in [2.24, 2.45) is 0 Å². The van der Waals surface area contributed by atoms with Gasteiger partial charge in [-0.2, -0.15) is 0 Å². The summed E-state index contributed by atoms with van der Waals surface area (Å²) >= 11 is 3.59. The predicted octanol–water partition coefficient (Wildman–Crippen LogP) is 5.99. The standard InChI is InChI=1S/C26H33BrN2O/c27-21-9-7-20(8-10-21)25-19-29-16-4-6-26(29)23-12-11-22(18-24(23)25)30-17-5-15-28-13-2-1-3-14-28/h7-12,18,25-26H,1-6,13-17,19H2/t25-,26-/m0/s1. The molecule has 3 aliphatic rings. The second kappa shape index (κ2) is 9.42. The van der Waals surface area contributed by atoms with Crippen LogP contribution in [0.15, 0.2) is 46.9 Å². The Balaban J connectivity index is 1.31. The van der Waals surface area contributed by atoms with Gasteiger partial charge in [0, 0.05) is 29.5 Å². The summed E-state index contributed by atoms with van der Waals surface area (Å²) in [6.07, 6.45) is 7.84. The van der Waals surface area contributed by atoms with Crippen LogP contribution in [0.25, 0.3) is 0 Å². The highest BCUT2D eigenvalue weighted by Gasteiger charge is 2.36. The Hall–Kier alpha value is -1.36. The van der Waals surface area contributed by atoms with E-state index < -0.39 is 0 Å². The molecule has 0 amide bonds. The van der Waals surface area contributed by atoms with Crippen molar-refractivity contribution < 1.29 is 4.74 Å². The molecule has 160 valence electrons. The third kappa shape index (κ3) is 4.46. The number of rotatable bonds is 6. The number of likely N-dealkylation sites (tertiary alicyclic amines) is 1. The van der Waals surface area contributed by atoms with Crippen LogP contribution in [0.4, 0.5) is 0 Å². The number of halogens is 1. The van der Waals surface area contributed by atoms with Crippen LogP contribution in [0.1, 0.15) is 67.2 Å². The molecule has 2 aromatic rings. The van der Waals surface area contributed by atoms with Crippen LogP contribution >= 0.6 is 15.9 Å². The van der Waals surface area contributed by atoms with Gasteiger partial charge in [0.2, 0.25) is 0 Å². The first-order chi connectivity index (χ1) is 14.8. The van der Waals surface area contributed by atoms with Crippen molar-refractivity contribution in [1.82, 2.24) is 9.80 Å². The van der Waals surface area contributed by atoms with Gasteiger partial charge in [-0.05, 0) is 92.7 Å². The van der Waals surface area contributed by atoms with E-state index in [1.807, 2.05) is 0 Å². The Labute approximate surface area is 189 Å². The number of hydrogen-bond donors (Lipinski definition) is 0. The van der Waals surface area contributed by atoms with Crippen LogP contribution in [0.2, 0.25) is 0 Å². The summed E-state index contributed by atoms with van der Waals surface area (Å²) in [5.74, 6) is 1.47. The summed E-state index contributed by atoms with van der Waals surface area (Å²) in [6, 6.07) is 16.4. The lowest BCUT2D eigenvalue weighted by Crippen LogP contribution is -2.34. The summed E-state index contributed by atoms with van der Waals surface area (Å²) < 4.78 is 7.38. The molecule has 3 heterocycles. The van der Waals surface area contributed by atoms with E-state index in [-0.39, 0.29) is 0 Å². The molecular weight excluding hydrogens is 436 g/mol. The molecule has 2 saturated heterocycles. The minimum Gasteiger partial charge on any atom is -0.494 e. The Morgan fingerprint density at radius 3 is 2.57 bits per heavy atom. The highest BCUT2D eigenvalue weighted by atomic mass is 79.9. The molecule has 0 radical (unpaired) electrons. The van der Waals surface area contributed by atoms with Gasteiger partial charge in [-0.3, -0.25) is 4.90 Å². The van der Waals surface area contributed by atoms with E-state index in [2.05, 4.69) is 68.2 Å². The fraction of sp³-hybridized carbons (Fsp3) is 0.538. The fourth-order valence-corrected chi connectivity index (χ4v) is 5.88. The van der Waals surface area contributed by atoms with Crippen molar-refractivity contribution in [1.29, 1.82) is 0 Å². The van der Waals surface area contributed by atoms with Crippen LogP contribution in [0.5, 0.6) is 5.75 Å². The number of nitrogens with zero attached hydrogens (tertiary/aromatic N) is 2. The van der Waals surface area contributed by atoms with Gasteiger partial charge in [0.1, 0.15) is 5.75 Å². The van der Waals surface area contributed by atoms with Crippen molar-refractivity contribution >= 4 is 15.9 Å². The topological polar surface area (TPSA) is 15.7 Å². The van der Waals surface area contributed by atoms with Gasteiger partial charge in [-0.25, -0.2) is 0 Å². The highest BCUT2D eigenvalue weighted by molar-refractivity contribution is 9.10. The number of hydrogen-bond acceptors (Lipinski definition) is 3. The van der Waals surface area contributed by atoms with Crippen molar-refractivity contribution in [3.05, 3.63) is 63.6 Å². The monoisotopic (exact) mass is 468 g/mol. The second-order valence-electron chi connectivity index (χ2n) is 9.15. The maximum atomic E-state index is 6.23. The van der Waals surface area contributed by atoms with Crippen LogP contribution in [-0.2, 0) is 0 Å². The van der Waals surface area contributed by atoms with E-state index in [1.165, 1.54) is 75.0 Å². The lowest BCUT2D eigenvalue weighted by molar-refractivity contribution is 0.204. The molecular formula is C26H33BrN2O. The summed E-state index contributed by atoms with van der Waals surface area (Å²) in [7, 11) is 0. The SMILES string of the molecule is Brc1ccc([C@@H]2CN3CCC[C@H]3c3ccc(OCCCN4CCCCC4)cc32)cc1. The van der Waals surface area contributed by atoms with Crippen LogP contribution in [-0.4, -0.2) is 49.1 Å². The summed E-state index contributed by atoms with van der Waals surface area (Å²) in [5.41, 5.74) is 4.41. The first-order valence-electron chi connectivity index (χ1n) is 11.8. The van der Waals surface area contributed by atoms with E-state index in [9.17, 15) is 0 Å². The van der Waals surface area contributed by atoms with Crippen LogP contribution < -0.4 is 4.74 Å². The van der Waals surface area contributed by atoms with Gasteiger partial charge in [0.05, 0.1) is 6.61 Å². The summed E-state index contributed by atoms with van der Waals surface area (Å²) in [4.78, 5) is 5.28. The fourth-order valence-electron chi connectivity index (χ4n) is 5.62. The Morgan fingerprint density at radius 1 is 0.900 bits per heavy atom. The van der Waals surface area contributed by atoms with E-state index in [4.69, 9.17) is 4.74 Å². The molecule has 2 aromatic carbocycles. The zero-order chi connectivity index (χ0) is 20.3. The number of piperidine rings is 1. The molecule has 3 aliphatic heterocycles. The van der Waals surface area contributed by atoms with Gasteiger partial charge in [0.15, 0.2) is 0 Å². The molecule has 3 nitrogen and oxygen atoms in total. The molecule has 2 fully saturated rings. The van der Waals surface area contributed by atoms with Crippen molar-refractivity contribution in [2.45, 2.75) is 50.5 Å². The van der Waals surface area contributed by atoms with Gasteiger partial charge >= 0.3 is 0 Å². The van der Waals surface area contributed by atoms with Crippen molar-refractivity contribution in [3.63, 3.8) is 0 Å². The molecule has 0 unspecified atom stereocenters. The first kappa shape index (κ1) is 20.5. The molecule has 2 atom stereocenters. The normalized spacial score (nSPS) is 24.4. The maximum Gasteiger partial charge on any atom is 0.119 e. The molecule has 5 rings (SSSR count). The Morgan fingerprint density at radius 2 is 1.73 bits per heavy atom. The molecule has 0 N–H and O–H groups in total. The highest BCUT2D eigenvalue weighted by Crippen LogP contribution is 2.45. The average Bonchev–Trinajstić information content (AvgIpc) is 3.26. The predicted molar refractivity (Wildman–Crippen MR) is 126 cm³/mol. The Bertz CT molecular complexity index is 847. The minimum atomic E-state index is 0.430.